The van der Waals surface area contributed by atoms with E-state index in [-0.39, 0.29) is 5.91 Å². The second-order valence-corrected chi connectivity index (χ2v) is 3.99. The summed E-state index contributed by atoms with van der Waals surface area (Å²) in [6.07, 6.45) is 3.36. The number of carbonyl (C=O) groups excluding carboxylic acids is 1. The molecule has 3 N–H and O–H groups in total. The van der Waals surface area contributed by atoms with Crippen molar-refractivity contribution in [3.63, 3.8) is 0 Å². The molecule has 2 aromatic rings. The number of carbonyl (C=O) groups is 1. The predicted molar refractivity (Wildman–Crippen MR) is 73.3 cm³/mol. The zero-order chi connectivity index (χ0) is 13.8. The number of aryl methyl sites for hydroxylation is 1. The molecule has 0 saturated heterocycles. The fraction of sp³-hybridized carbons (Fsp3) is 0.231. The first-order valence-corrected chi connectivity index (χ1v) is 5.91. The number of nitrogens with two attached hydrogens (primary N) is 1. The van der Waals surface area contributed by atoms with Crippen LogP contribution in [0.2, 0.25) is 0 Å². The van der Waals surface area contributed by atoms with Crippen LogP contribution in [0.4, 0.5) is 11.4 Å². The number of hydrogen-bond acceptors (Lipinski definition) is 4. The molecule has 0 bridgehead atoms. The van der Waals surface area contributed by atoms with Crippen LogP contribution in [0.5, 0.6) is 5.75 Å². The molecule has 0 fully saturated rings. The number of amides is 1. The summed E-state index contributed by atoms with van der Waals surface area (Å²) >= 11 is 0. The van der Waals surface area contributed by atoms with E-state index in [0.717, 1.165) is 6.54 Å². The van der Waals surface area contributed by atoms with E-state index in [9.17, 15) is 4.79 Å². The molecule has 1 amide bonds. The lowest BCUT2D eigenvalue weighted by molar-refractivity contribution is 0.102. The molecule has 100 valence electrons. The summed E-state index contributed by atoms with van der Waals surface area (Å²) in [6.45, 7) is 2.72. The Morgan fingerprint density at radius 1 is 1.53 bits per heavy atom. The molecule has 2 rings (SSSR count). The van der Waals surface area contributed by atoms with Crippen molar-refractivity contribution in [1.82, 2.24) is 9.78 Å². The second kappa shape index (κ2) is 5.43. The summed E-state index contributed by atoms with van der Waals surface area (Å²) in [6, 6.07) is 4.94. The average Bonchev–Trinajstić information content (AvgIpc) is 2.86. The van der Waals surface area contributed by atoms with Crippen LogP contribution in [0.1, 0.15) is 17.3 Å². The van der Waals surface area contributed by atoms with E-state index in [4.69, 9.17) is 10.5 Å². The highest BCUT2D eigenvalue weighted by Crippen LogP contribution is 2.20. The third-order valence-electron chi connectivity index (χ3n) is 2.72. The van der Waals surface area contributed by atoms with Gasteiger partial charge in [0.15, 0.2) is 0 Å². The zero-order valence-corrected chi connectivity index (χ0v) is 10.9. The minimum Gasteiger partial charge on any atom is -0.497 e. The normalized spacial score (nSPS) is 10.2. The summed E-state index contributed by atoms with van der Waals surface area (Å²) in [5.74, 6) is 0.351. The Morgan fingerprint density at radius 3 is 2.89 bits per heavy atom. The number of nitrogen functional groups attached to an aromatic ring is 1. The van der Waals surface area contributed by atoms with E-state index in [0.29, 0.717) is 22.7 Å². The molecule has 0 atom stereocenters. The van der Waals surface area contributed by atoms with Crippen molar-refractivity contribution in [3.8, 4) is 5.75 Å². The number of aromatic nitrogens is 2. The predicted octanol–water partition coefficient (Wildman–Crippen LogP) is 1.75. The molecule has 0 saturated carbocycles. The topological polar surface area (TPSA) is 82.2 Å². The van der Waals surface area contributed by atoms with Gasteiger partial charge in [0, 0.05) is 24.5 Å². The average molecular weight is 260 g/mol. The smallest absolute Gasteiger partial charge is 0.257 e. The Balaban J connectivity index is 2.15. The number of ether oxygens (including phenoxy) is 1. The van der Waals surface area contributed by atoms with E-state index in [1.54, 1.807) is 42.4 Å². The largest absolute Gasteiger partial charge is 0.497 e. The molecule has 0 radical (unpaired) electrons. The molecular weight excluding hydrogens is 244 g/mol. The molecule has 0 aliphatic rings. The number of nitrogens with one attached hydrogen (secondary N) is 1. The molecule has 1 heterocycles. The Kier molecular flexibility index (Phi) is 3.70. The number of anilines is 2. The molecule has 6 nitrogen and oxygen atoms in total. The number of hydrogen-bond donors (Lipinski definition) is 2. The number of nitrogens with zero attached hydrogens (tertiary/aromatic N) is 2. The lowest BCUT2D eigenvalue weighted by Gasteiger charge is -2.07. The van der Waals surface area contributed by atoms with Crippen molar-refractivity contribution in [1.29, 1.82) is 0 Å². The highest BCUT2D eigenvalue weighted by Gasteiger charge is 2.11. The third kappa shape index (κ3) is 2.85. The highest BCUT2D eigenvalue weighted by atomic mass is 16.5. The lowest BCUT2D eigenvalue weighted by atomic mass is 10.1. The minimum atomic E-state index is -0.268. The van der Waals surface area contributed by atoms with Gasteiger partial charge in [-0.1, -0.05) is 0 Å². The maximum atomic E-state index is 12.1. The van der Waals surface area contributed by atoms with Crippen LogP contribution in [-0.2, 0) is 6.54 Å². The molecular formula is C13H16N4O2. The van der Waals surface area contributed by atoms with Crippen molar-refractivity contribution >= 4 is 17.3 Å². The van der Waals surface area contributed by atoms with E-state index in [1.807, 2.05) is 6.92 Å². The Hall–Kier alpha value is -2.50. The van der Waals surface area contributed by atoms with Crippen LogP contribution in [0.15, 0.2) is 30.6 Å². The SMILES string of the molecule is CCn1cc(NC(=O)c2ccc(OC)cc2N)cn1. The number of benzene rings is 1. The van der Waals surface area contributed by atoms with Crippen LogP contribution in [0.25, 0.3) is 0 Å². The first-order valence-electron chi connectivity index (χ1n) is 5.91. The molecule has 1 aromatic carbocycles. The number of rotatable bonds is 4. The maximum Gasteiger partial charge on any atom is 0.257 e. The molecule has 0 spiro atoms. The summed E-state index contributed by atoms with van der Waals surface area (Å²) in [5.41, 5.74) is 7.24. The summed E-state index contributed by atoms with van der Waals surface area (Å²) in [4.78, 5) is 12.1. The molecule has 6 heteroatoms. The lowest BCUT2D eigenvalue weighted by Crippen LogP contribution is -2.13. The molecule has 19 heavy (non-hydrogen) atoms. The zero-order valence-electron chi connectivity index (χ0n) is 10.9. The second-order valence-electron chi connectivity index (χ2n) is 3.99. The van der Waals surface area contributed by atoms with E-state index >= 15 is 0 Å². The minimum absolute atomic E-state index is 0.268. The number of methoxy groups -OCH3 is 1. The van der Waals surface area contributed by atoms with Gasteiger partial charge in [-0.3, -0.25) is 9.48 Å². The first kappa shape index (κ1) is 12.9. The Bertz CT molecular complexity index is 592. The molecule has 0 aliphatic heterocycles. The van der Waals surface area contributed by atoms with Crippen LogP contribution in [0.3, 0.4) is 0 Å². The summed E-state index contributed by atoms with van der Waals surface area (Å²) in [5, 5.41) is 6.83. The van der Waals surface area contributed by atoms with Crippen LogP contribution >= 0.6 is 0 Å². The van der Waals surface area contributed by atoms with Gasteiger partial charge in [-0.15, -0.1) is 0 Å². The van der Waals surface area contributed by atoms with E-state index in [2.05, 4.69) is 10.4 Å². The van der Waals surface area contributed by atoms with Gasteiger partial charge in [-0.25, -0.2) is 0 Å². The van der Waals surface area contributed by atoms with Crippen molar-refractivity contribution in [2.45, 2.75) is 13.5 Å². The van der Waals surface area contributed by atoms with Crippen molar-refractivity contribution in [2.24, 2.45) is 0 Å². The molecule has 0 unspecified atom stereocenters. The van der Waals surface area contributed by atoms with Gasteiger partial charge >= 0.3 is 0 Å². The van der Waals surface area contributed by atoms with Gasteiger partial charge in [-0.05, 0) is 19.1 Å². The van der Waals surface area contributed by atoms with Gasteiger partial charge < -0.3 is 15.8 Å². The summed E-state index contributed by atoms with van der Waals surface area (Å²) < 4.78 is 6.77. The highest BCUT2D eigenvalue weighted by molar-refractivity contribution is 6.07. The fourth-order valence-electron chi connectivity index (χ4n) is 1.67. The van der Waals surface area contributed by atoms with Gasteiger partial charge in [0.05, 0.1) is 24.6 Å². The standard InChI is InChI=1S/C13H16N4O2/c1-3-17-8-9(7-15-17)16-13(18)11-5-4-10(19-2)6-12(11)14/h4-8H,3,14H2,1-2H3,(H,16,18). The van der Waals surface area contributed by atoms with E-state index < -0.39 is 0 Å². The Morgan fingerprint density at radius 2 is 2.32 bits per heavy atom. The molecule has 1 aromatic heterocycles. The Labute approximate surface area is 111 Å². The van der Waals surface area contributed by atoms with Gasteiger partial charge in [0.25, 0.3) is 5.91 Å². The van der Waals surface area contributed by atoms with Crippen LogP contribution in [0, 0.1) is 0 Å². The quantitative estimate of drug-likeness (QED) is 0.820. The third-order valence-corrected chi connectivity index (χ3v) is 2.72. The van der Waals surface area contributed by atoms with Gasteiger partial charge in [0.2, 0.25) is 0 Å². The van der Waals surface area contributed by atoms with Crippen molar-refractivity contribution < 1.29 is 9.53 Å². The van der Waals surface area contributed by atoms with Crippen molar-refractivity contribution in [3.05, 3.63) is 36.2 Å². The van der Waals surface area contributed by atoms with E-state index in [1.165, 1.54) is 0 Å². The first-order chi connectivity index (χ1) is 9.13. The summed E-state index contributed by atoms with van der Waals surface area (Å²) in [7, 11) is 1.55. The van der Waals surface area contributed by atoms with Gasteiger partial charge in [-0.2, -0.15) is 5.10 Å². The monoisotopic (exact) mass is 260 g/mol. The maximum absolute atomic E-state index is 12.1. The molecule has 0 aliphatic carbocycles. The van der Waals surface area contributed by atoms with Crippen molar-refractivity contribution in [2.75, 3.05) is 18.2 Å². The van der Waals surface area contributed by atoms with Gasteiger partial charge in [0.1, 0.15) is 5.75 Å². The fourth-order valence-corrected chi connectivity index (χ4v) is 1.67. The van der Waals surface area contributed by atoms with Crippen LogP contribution < -0.4 is 15.8 Å². The van der Waals surface area contributed by atoms with Crippen LogP contribution in [-0.4, -0.2) is 22.8 Å².